The van der Waals surface area contributed by atoms with E-state index < -0.39 is 0 Å². The molecule has 0 radical (unpaired) electrons. The Kier molecular flexibility index (Phi) is 2.48. The van der Waals surface area contributed by atoms with Crippen molar-refractivity contribution in [2.45, 2.75) is 13.8 Å². The molecule has 5 nitrogen and oxygen atoms in total. The van der Waals surface area contributed by atoms with Gasteiger partial charge in [-0.2, -0.15) is 0 Å². The van der Waals surface area contributed by atoms with Crippen molar-refractivity contribution in [1.29, 1.82) is 0 Å². The van der Waals surface area contributed by atoms with Crippen molar-refractivity contribution in [1.82, 2.24) is 19.5 Å². The minimum Gasteiger partial charge on any atom is -0.333 e. The SMILES string of the molecule is Cc1cc2nc(-c3nccn3C)c(=O)[nH]c2cc1C. The van der Waals surface area contributed by atoms with Gasteiger partial charge in [0.25, 0.3) is 5.56 Å². The third-order valence-corrected chi connectivity index (χ3v) is 3.34. The summed E-state index contributed by atoms with van der Waals surface area (Å²) in [6, 6.07) is 3.92. The second-order valence-corrected chi connectivity index (χ2v) is 4.73. The lowest BCUT2D eigenvalue weighted by molar-refractivity contribution is 0.914. The number of nitrogens with one attached hydrogen (secondary N) is 1. The molecule has 0 aliphatic heterocycles. The van der Waals surface area contributed by atoms with E-state index in [1.165, 1.54) is 0 Å². The van der Waals surface area contributed by atoms with Gasteiger partial charge < -0.3 is 9.55 Å². The van der Waals surface area contributed by atoms with Crippen molar-refractivity contribution in [2.24, 2.45) is 7.05 Å². The number of hydrogen-bond donors (Lipinski definition) is 1. The van der Waals surface area contributed by atoms with E-state index in [0.29, 0.717) is 11.5 Å². The summed E-state index contributed by atoms with van der Waals surface area (Å²) in [6.07, 6.45) is 3.45. The quantitative estimate of drug-likeness (QED) is 0.721. The van der Waals surface area contributed by atoms with E-state index in [1.54, 1.807) is 17.0 Å². The minimum atomic E-state index is -0.218. The van der Waals surface area contributed by atoms with E-state index in [2.05, 4.69) is 15.0 Å². The molecule has 0 fully saturated rings. The van der Waals surface area contributed by atoms with Crippen LogP contribution < -0.4 is 5.56 Å². The monoisotopic (exact) mass is 254 g/mol. The van der Waals surface area contributed by atoms with E-state index >= 15 is 0 Å². The minimum absolute atomic E-state index is 0.218. The van der Waals surface area contributed by atoms with Crippen LogP contribution in [0.5, 0.6) is 0 Å². The first-order chi connectivity index (χ1) is 9.06. The smallest absolute Gasteiger partial charge is 0.278 e. The second-order valence-electron chi connectivity index (χ2n) is 4.73. The molecule has 0 spiro atoms. The zero-order chi connectivity index (χ0) is 13.6. The summed E-state index contributed by atoms with van der Waals surface area (Å²) in [4.78, 5) is 23.6. The molecule has 2 heterocycles. The van der Waals surface area contributed by atoms with Crippen molar-refractivity contribution in [3.8, 4) is 11.5 Å². The number of aromatic nitrogens is 4. The largest absolute Gasteiger partial charge is 0.333 e. The molecular formula is C14H14N4O. The molecule has 3 rings (SSSR count). The summed E-state index contributed by atoms with van der Waals surface area (Å²) in [5, 5.41) is 0. The van der Waals surface area contributed by atoms with Crippen LogP contribution in [-0.2, 0) is 7.05 Å². The lowest BCUT2D eigenvalue weighted by Gasteiger charge is -2.05. The molecule has 2 aromatic heterocycles. The number of rotatable bonds is 1. The predicted octanol–water partition coefficient (Wildman–Crippen LogP) is 1.94. The molecule has 0 amide bonds. The standard InChI is InChI=1S/C14H14N4O/c1-8-6-10-11(7-9(8)2)17-14(19)12(16-10)13-15-4-5-18(13)3/h4-7H,1-3H3,(H,17,19). The molecule has 1 N–H and O–H groups in total. The number of aryl methyl sites for hydroxylation is 3. The molecular weight excluding hydrogens is 240 g/mol. The van der Waals surface area contributed by atoms with Crippen LogP contribution in [0.2, 0.25) is 0 Å². The van der Waals surface area contributed by atoms with E-state index in [0.717, 1.165) is 22.2 Å². The van der Waals surface area contributed by atoms with E-state index in [-0.39, 0.29) is 5.56 Å². The highest BCUT2D eigenvalue weighted by atomic mass is 16.1. The van der Waals surface area contributed by atoms with Gasteiger partial charge in [0.2, 0.25) is 0 Å². The van der Waals surface area contributed by atoms with E-state index in [1.807, 2.05) is 33.0 Å². The summed E-state index contributed by atoms with van der Waals surface area (Å²) in [7, 11) is 1.84. The van der Waals surface area contributed by atoms with Crippen LogP contribution >= 0.6 is 0 Å². The summed E-state index contributed by atoms with van der Waals surface area (Å²) < 4.78 is 1.78. The molecule has 0 bridgehead atoms. The molecule has 0 aliphatic rings. The zero-order valence-electron chi connectivity index (χ0n) is 11.1. The van der Waals surface area contributed by atoms with Gasteiger partial charge in [0.05, 0.1) is 11.0 Å². The Hall–Kier alpha value is -2.43. The van der Waals surface area contributed by atoms with E-state index in [4.69, 9.17) is 0 Å². The van der Waals surface area contributed by atoms with Crippen molar-refractivity contribution in [2.75, 3.05) is 0 Å². The fraction of sp³-hybridized carbons (Fsp3) is 0.214. The van der Waals surface area contributed by atoms with Crippen LogP contribution in [0.15, 0.2) is 29.3 Å². The maximum atomic E-state index is 12.1. The number of imidazole rings is 1. The number of aromatic amines is 1. The molecule has 19 heavy (non-hydrogen) atoms. The lowest BCUT2D eigenvalue weighted by atomic mass is 10.1. The maximum Gasteiger partial charge on any atom is 0.278 e. The highest BCUT2D eigenvalue weighted by Gasteiger charge is 2.12. The molecule has 0 unspecified atom stereocenters. The van der Waals surface area contributed by atoms with Gasteiger partial charge in [0, 0.05) is 19.4 Å². The molecule has 96 valence electrons. The fourth-order valence-corrected chi connectivity index (χ4v) is 2.09. The van der Waals surface area contributed by atoms with Crippen molar-refractivity contribution < 1.29 is 0 Å². The van der Waals surface area contributed by atoms with Gasteiger partial charge in [0.1, 0.15) is 0 Å². The number of hydrogen-bond acceptors (Lipinski definition) is 3. The fourth-order valence-electron chi connectivity index (χ4n) is 2.09. The van der Waals surface area contributed by atoms with Crippen molar-refractivity contribution in [3.05, 3.63) is 46.0 Å². The first-order valence-corrected chi connectivity index (χ1v) is 6.05. The van der Waals surface area contributed by atoms with Gasteiger partial charge in [-0.15, -0.1) is 0 Å². The Morgan fingerprint density at radius 2 is 1.95 bits per heavy atom. The van der Waals surface area contributed by atoms with Gasteiger partial charge in [-0.3, -0.25) is 4.79 Å². The molecule has 0 atom stereocenters. The Morgan fingerprint density at radius 1 is 1.21 bits per heavy atom. The number of nitrogens with zero attached hydrogens (tertiary/aromatic N) is 3. The Bertz CT molecular complexity index is 829. The molecule has 0 aliphatic carbocycles. The molecule has 0 saturated carbocycles. The Labute approximate surface area is 110 Å². The highest BCUT2D eigenvalue weighted by Crippen LogP contribution is 2.17. The third kappa shape index (κ3) is 1.83. The van der Waals surface area contributed by atoms with Crippen LogP contribution in [0.3, 0.4) is 0 Å². The van der Waals surface area contributed by atoms with Crippen LogP contribution in [0.25, 0.3) is 22.6 Å². The van der Waals surface area contributed by atoms with Gasteiger partial charge in [-0.05, 0) is 37.1 Å². The summed E-state index contributed by atoms with van der Waals surface area (Å²) in [6.45, 7) is 4.04. The number of H-pyrrole nitrogens is 1. The van der Waals surface area contributed by atoms with Crippen LogP contribution in [-0.4, -0.2) is 19.5 Å². The average molecular weight is 254 g/mol. The van der Waals surface area contributed by atoms with Crippen LogP contribution in [0, 0.1) is 13.8 Å². The molecule has 0 saturated heterocycles. The zero-order valence-corrected chi connectivity index (χ0v) is 11.1. The highest BCUT2D eigenvalue weighted by molar-refractivity contribution is 5.78. The maximum absolute atomic E-state index is 12.1. The van der Waals surface area contributed by atoms with Crippen LogP contribution in [0.1, 0.15) is 11.1 Å². The number of fused-ring (bicyclic) bond motifs is 1. The predicted molar refractivity (Wildman–Crippen MR) is 74.0 cm³/mol. The van der Waals surface area contributed by atoms with Crippen molar-refractivity contribution in [3.63, 3.8) is 0 Å². The van der Waals surface area contributed by atoms with Crippen molar-refractivity contribution >= 4 is 11.0 Å². The first-order valence-electron chi connectivity index (χ1n) is 6.05. The second kappa shape index (κ2) is 4.05. The van der Waals surface area contributed by atoms with Crippen LogP contribution in [0.4, 0.5) is 0 Å². The van der Waals surface area contributed by atoms with Gasteiger partial charge in [-0.1, -0.05) is 0 Å². The number of benzene rings is 1. The first kappa shape index (κ1) is 11.6. The summed E-state index contributed by atoms with van der Waals surface area (Å²) >= 11 is 0. The molecule has 3 aromatic rings. The van der Waals surface area contributed by atoms with E-state index in [9.17, 15) is 4.79 Å². The third-order valence-electron chi connectivity index (χ3n) is 3.34. The van der Waals surface area contributed by atoms with Gasteiger partial charge >= 0.3 is 0 Å². The lowest BCUT2D eigenvalue weighted by Crippen LogP contribution is -2.14. The molecule has 1 aromatic carbocycles. The topological polar surface area (TPSA) is 63.6 Å². The summed E-state index contributed by atoms with van der Waals surface area (Å²) in [5.41, 5.74) is 3.95. The molecule has 5 heteroatoms. The van der Waals surface area contributed by atoms with Gasteiger partial charge in [0.15, 0.2) is 11.5 Å². The van der Waals surface area contributed by atoms with Gasteiger partial charge in [-0.25, -0.2) is 9.97 Å². The Morgan fingerprint density at radius 3 is 2.63 bits per heavy atom. The normalized spacial score (nSPS) is 11.1. The Balaban J connectivity index is 2.34. The summed E-state index contributed by atoms with van der Waals surface area (Å²) in [5.74, 6) is 0.571. The average Bonchev–Trinajstić information content (AvgIpc) is 2.77.